The van der Waals surface area contributed by atoms with Crippen LogP contribution in [-0.4, -0.2) is 32.1 Å². The molecule has 1 aromatic carbocycles. The zero-order chi connectivity index (χ0) is 12.0. The summed E-state index contributed by atoms with van der Waals surface area (Å²) in [5.74, 6) is 0. The lowest BCUT2D eigenvalue weighted by Gasteiger charge is -2.21. The smallest absolute Gasteiger partial charge is 0.0453 e. The van der Waals surface area contributed by atoms with Crippen molar-refractivity contribution in [1.29, 1.82) is 0 Å². The molecule has 0 fully saturated rings. The highest BCUT2D eigenvalue weighted by atomic mass is 35.5. The van der Waals surface area contributed by atoms with Crippen LogP contribution in [0.25, 0.3) is 0 Å². The van der Waals surface area contributed by atoms with Crippen molar-refractivity contribution >= 4 is 11.6 Å². The van der Waals surface area contributed by atoms with Gasteiger partial charge in [-0.05, 0) is 45.2 Å². The Hall–Kier alpha value is -0.570. The fraction of sp³-hybridized carbons (Fsp3) is 0.538. The minimum atomic E-state index is 0.336. The van der Waals surface area contributed by atoms with Gasteiger partial charge in [-0.1, -0.05) is 36.7 Å². The molecule has 1 N–H and O–H groups in total. The summed E-state index contributed by atoms with van der Waals surface area (Å²) in [5, 5.41) is 4.18. The Balaban J connectivity index is 2.64. The molecular formula is C13H21ClN2. The summed E-state index contributed by atoms with van der Waals surface area (Å²) in [6.45, 7) is 4.33. The SMILES string of the molecule is CCN(C)CCC(NC)c1ccccc1Cl. The van der Waals surface area contributed by atoms with Crippen molar-refractivity contribution in [3.8, 4) is 0 Å². The van der Waals surface area contributed by atoms with E-state index >= 15 is 0 Å². The third-order valence-electron chi connectivity index (χ3n) is 2.97. The van der Waals surface area contributed by atoms with Crippen LogP contribution in [0.15, 0.2) is 24.3 Å². The van der Waals surface area contributed by atoms with Gasteiger partial charge in [0.05, 0.1) is 0 Å². The average molecular weight is 241 g/mol. The number of hydrogen-bond donors (Lipinski definition) is 1. The summed E-state index contributed by atoms with van der Waals surface area (Å²) >= 11 is 6.19. The lowest BCUT2D eigenvalue weighted by atomic mass is 10.0. The zero-order valence-corrected chi connectivity index (χ0v) is 11.1. The van der Waals surface area contributed by atoms with Crippen molar-refractivity contribution < 1.29 is 0 Å². The molecule has 1 unspecified atom stereocenters. The van der Waals surface area contributed by atoms with E-state index < -0.39 is 0 Å². The molecule has 0 heterocycles. The van der Waals surface area contributed by atoms with Gasteiger partial charge in [-0.2, -0.15) is 0 Å². The van der Waals surface area contributed by atoms with Crippen molar-refractivity contribution in [2.75, 3.05) is 27.2 Å². The molecule has 0 aliphatic rings. The first-order valence-electron chi connectivity index (χ1n) is 5.79. The summed E-state index contributed by atoms with van der Waals surface area (Å²) in [6.07, 6.45) is 1.07. The molecule has 0 aliphatic carbocycles. The van der Waals surface area contributed by atoms with E-state index in [1.165, 1.54) is 5.56 Å². The first kappa shape index (κ1) is 13.5. The molecule has 0 aromatic heterocycles. The van der Waals surface area contributed by atoms with Crippen molar-refractivity contribution in [2.45, 2.75) is 19.4 Å². The number of rotatable bonds is 6. The molecule has 0 saturated carbocycles. The second-order valence-corrected chi connectivity index (χ2v) is 4.45. The average Bonchev–Trinajstić information content (AvgIpc) is 2.31. The summed E-state index contributed by atoms with van der Waals surface area (Å²) in [6, 6.07) is 8.38. The van der Waals surface area contributed by atoms with Crippen molar-refractivity contribution in [1.82, 2.24) is 10.2 Å². The first-order chi connectivity index (χ1) is 7.69. The summed E-state index contributed by atoms with van der Waals surface area (Å²) in [5.41, 5.74) is 1.19. The summed E-state index contributed by atoms with van der Waals surface area (Å²) < 4.78 is 0. The Kier molecular flexibility index (Phi) is 5.81. The molecule has 2 nitrogen and oxygen atoms in total. The predicted molar refractivity (Wildman–Crippen MR) is 71.0 cm³/mol. The topological polar surface area (TPSA) is 15.3 Å². The fourth-order valence-corrected chi connectivity index (χ4v) is 1.99. The van der Waals surface area contributed by atoms with Crippen molar-refractivity contribution in [3.63, 3.8) is 0 Å². The molecule has 0 radical (unpaired) electrons. The number of hydrogen-bond acceptors (Lipinski definition) is 2. The number of nitrogens with one attached hydrogen (secondary N) is 1. The van der Waals surface area contributed by atoms with Gasteiger partial charge in [0.15, 0.2) is 0 Å². The van der Waals surface area contributed by atoms with Gasteiger partial charge in [-0.3, -0.25) is 0 Å². The Labute approximate surface area is 104 Å². The Morgan fingerprint density at radius 2 is 2.06 bits per heavy atom. The predicted octanol–water partition coefficient (Wildman–Crippen LogP) is 2.94. The molecule has 1 rings (SSSR count). The van der Waals surface area contributed by atoms with E-state index in [1.807, 2.05) is 25.2 Å². The maximum atomic E-state index is 6.19. The van der Waals surface area contributed by atoms with Crippen LogP contribution in [0.3, 0.4) is 0 Å². The van der Waals surface area contributed by atoms with Crippen LogP contribution in [0.2, 0.25) is 5.02 Å². The van der Waals surface area contributed by atoms with Gasteiger partial charge in [0.1, 0.15) is 0 Å². The molecule has 90 valence electrons. The monoisotopic (exact) mass is 240 g/mol. The van der Waals surface area contributed by atoms with Gasteiger partial charge in [0, 0.05) is 11.1 Å². The maximum Gasteiger partial charge on any atom is 0.0453 e. The molecule has 1 aromatic rings. The third-order valence-corrected chi connectivity index (χ3v) is 3.31. The van der Waals surface area contributed by atoms with Crippen molar-refractivity contribution in [3.05, 3.63) is 34.9 Å². The highest BCUT2D eigenvalue weighted by Gasteiger charge is 2.12. The van der Waals surface area contributed by atoms with E-state index in [0.29, 0.717) is 6.04 Å². The minimum absolute atomic E-state index is 0.336. The molecule has 0 spiro atoms. The van der Waals surface area contributed by atoms with Crippen LogP contribution in [0, 0.1) is 0 Å². The molecule has 1 atom stereocenters. The van der Waals surface area contributed by atoms with Gasteiger partial charge in [0.2, 0.25) is 0 Å². The van der Waals surface area contributed by atoms with Crippen LogP contribution in [-0.2, 0) is 0 Å². The fourth-order valence-electron chi connectivity index (χ4n) is 1.72. The summed E-state index contributed by atoms with van der Waals surface area (Å²) in [7, 11) is 4.12. The van der Waals surface area contributed by atoms with E-state index in [4.69, 9.17) is 11.6 Å². The molecule has 0 saturated heterocycles. The van der Waals surface area contributed by atoms with E-state index in [2.05, 4.69) is 30.3 Å². The van der Waals surface area contributed by atoms with Crippen LogP contribution in [0.4, 0.5) is 0 Å². The largest absolute Gasteiger partial charge is 0.313 e. The van der Waals surface area contributed by atoms with Crippen LogP contribution in [0.5, 0.6) is 0 Å². The minimum Gasteiger partial charge on any atom is -0.313 e. The Bertz CT molecular complexity index is 315. The van der Waals surface area contributed by atoms with Crippen LogP contribution >= 0.6 is 11.6 Å². The molecule has 0 bridgehead atoms. The molecule has 16 heavy (non-hydrogen) atoms. The lowest BCUT2D eigenvalue weighted by Crippen LogP contribution is -2.25. The summed E-state index contributed by atoms with van der Waals surface area (Å²) in [4.78, 5) is 2.31. The van der Waals surface area contributed by atoms with Crippen LogP contribution < -0.4 is 5.32 Å². The number of halogens is 1. The second kappa shape index (κ2) is 6.89. The quantitative estimate of drug-likeness (QED) is 0.823. The molecule has 0 aliphatic heterocycles. The molecule has 0 amide bonds. The van der Waals surface area contributed by atoms with E-state index in [9.17, 15) is 0 Å². The van der Waals surface area contributed by atoms with Crippen molar-refractivity contribution in [2.24, 2.45) is 0 Å². The normalized spacial score (nSPS) is 13.1. The van der Waals surface area contributed by atoms with E-state index in [1.54, 1.807) is 0 Å². The van der Waals surface area contributed by atoms with Gasteiger partial charge in [-0.15, -0.1) is 0 Å². The standard InChI is InChI=1S/C13H21ClN2/c1-4-16(3)10-9-13(15-2)11-7-5-6-8-12(11)14/h5-8,13,15H,4,9-10H2,1-3H3. The molecule has 3 heteroatoms. The maximum absolute atomic E-state index is 6.19. The Morgan fingerprint density at radius 3 is 2.62 bits per heavy atom. The lowest BCUT2D eigenvalue weighted by molar-refractivity contribution is 0.326. The highest BCUT2D eigenvalue weighted by molar-refractivity contribution is 6.31. The number of benzene rings is 1. The third kappa shape index (κ3) is 3.78. The first-order valence-corrected chi connectivity index (χ1v) is 6.17. The highest BCUT2D eigenvalue weighted by Crippen LogP contribution is 2.24. The van der Waals surface area contributed by atoms with Gasteiger partial charge in [-0.25, -0.2) is 0 Å². The zero-order valence-electron chi connectivity index (χ0n) is 10.3. The second-order valence-electron chi connectivity index (χ2n) is 4.05. The Morgan fingerprint density at radius 1 is 1.38 bits per heavy atom. The van der Waals surface area contributed by atoms with E-state index in [-0.39, 0.29) is 0 Å². The van der Waals surface area contributed by atoms with Gasteiger partial charge in [0.25, 0.3) is 0 Å². The van der Waals surface area contributed by atoms with Crippen LogP contribution in [0.1, 0.15) is 24.9 Å². The van der Waals surface area contributed by atoms with Gasteiger partial charge < -0.3 is 10.2 Å². The molecular weight excluding hydrogens is 220 g/mol. The van der Waals surface area contributed by atoms with E-state index in [0.717, 1.165) is 24.5 Å². The number of nitrogens with zero attached hydrogens (tertiary/aromatic N) is 1. The van der Waals surface area contributed by atoms with Gasteiger partial charge >= 0.3 is 0 Å².